The molecule has 1 N–H and O–H groups in total. The topological polar surface area (TPSA) is 47.7 Å². The summed E-state index contributed by atoms with van der Waals surface area (Å²) in [5.41, 5.74) is 1.29. The van der Waals surface area contributed by atoms with Gasteiger partial charge in [-0.1, -0.05) is 6.07 Å². The van der Waals surface area contributed by atoms with Gasteiger partial charge in [0, 0.05) is 25.0 Å². The van der Waals surface area contributed by atoms with Crippen molar-refractivity contribution in [2.24, 2.45) is 0 Å². The van der Waals surface area contributed by atoms with Gasteiger partial charge >= 0.3 is 0 Å². The molecular weight excluding hydrogens is 293 g/mol. The molecule has 2 heterocycles. The summed E-state index contributed by atoms with van der Waals surface area (Å²) in [4.78, 5) is 4.48. The van der Waals surface area contributed by atoms with E-state index in [0.717, 1.165) is 17.9 Å². The molecule has 0 unspecified atom stereocenters. The SMILES string of the molecule is CCn1c(CN[C@H](C)[C@H](C)n2cccn2)nc2c(F)cccc21. The largest absolute Gasteiger partial charge is 0.327 e. The first kappa shape index (κ1) is 15.7. The lowest BCUT2D eigenvalue weighted by molar-refractivity contribution is 0.360. The number of nitrogens with zero attached hydrogens (tertiary/aromatic N) is 4. The summed E-state index contributed by atoms with van der Waals surface area (Å²) in [6.45, 7) is 7.64. The summed E-state index contributed by atoms with van der Waals surface area (Å²) >= 11 is 0. The number of hydrogen-bond donors (Lipinski definition) is 1. The molecule has 0 amide bonds. The van der Waals surface area contributed by atoms with Gasteiger partial charge in [0.25, 0.3) is 0 Å². The number of fused-ring (bicyclic) bond motifs is 1. The molecule has 0 bridgehead atoms. The lowest BCUT2D eigenvalue weighted by Gasteiger charge is -2.21. The highest BCUT2D eigenvalue weighted by molar-refractivity contribution is 5.76. The fraction of sp³-hybridized carbons (Fsp3) is 0.412. The van der Waals surface area contributed by atoms with E-state index in [-0.39, 0.29) is 17.9 Å². The molecule has 3 rings (SSSR count). The van der Waals surface area contributed by atoms with E-state index in [1.807, 2.05) is 29.9 Å². The molecule has 23 heavy (non-hydrogen) atoms. The van der Waals surface area contributed by atoms with Gasteiger partial charge in [0.05, 0.1) is 18.1 Å². The molecule has 5 nitrogen and oxygen atoms in total. The smallest absolute Gasteiger partial charge is 0.151 e. The van der Waals surface area contributed by atoms with Gasteiger partial charge in [-0.25, -0.2) is 9.37 Å². The van der Waals surface area contributed by atoms with Gasteiger partial charge in [-0.2, -0.15) is 5.10 Å². The molecule has 0 fully saturated rings. The van der Waals surface area contributed by atoms with E-state index in [4.69, 9.17) is 0 Å². The van der Waals surface area contributed by atoms with Gasteiger partial charge in [-0.3, -0.25) is 4.68 Å². The average molecular weight is 315 g/mol. The maximum Gasteiger partial charge on any atom is 0.151 e. The van der Waals surface area contributed by atoms with Crippen LogP contribution in [0, 0.1) is 5.82 Å². The van der Waals surface area contributed by atoms with Crippen molar-refractivity contribution in [1.82, 2.24) is 24.6 Å². The maximum atomic E-state index is 13.9. The molecule has 0 aliphatic carbocycles. The molecular formula is C17H22FN5. The Morgan fingerprint density at radius 3 is 2.78 bits per heavy atom. The molecule has 0 radical (unpaired) electrons. The van der Waals surface area contributed by atoms with E-state index in [2.05, 4.69) is 33.8 Å². The highest BCUT2D eigenvalue weighted by Gasteiger charge is 2.16. The zero-order chi connectivity index (χ0) is 16.4. The molecule has 0 spiro atoms. The summed E-state index contributed by atoms with van der Waals surface area (Å²) in [5.74, 6) is 0.584. The van der Waals surface area contributed by atoms with Crippen molar-refractivity contribution in [1.29, 1.82) is 0 Å². The van der Waals surface area contributed by atoms with Crippen molar-refractivity contribution in [3.05, 3.63) is 48.3 Å². The maximum absolute atomic E-state index is 13.9. The first-order valence-corrected chi connectivity index (χ1v) is 7.98. The lowest BCUT2D eigenvalue weighted by atomic mass is 10.2. The van der Waals surface area contributed by atoms with E-state index >= 15 is 0 Å². The third-order valence-corrected chi connectivity index (χ3v) is 4.37. The van der Waals surface area contributed by atoms with Crippen LogP contribution in [0.3, 0.4) is 0 Å². The third kappa shape index (κ3) is 2.99. The molecule has 0 saturated carbocycles. The molecule has 122 valence electrons. The second-order valence-corrected chi connectivity index (χ2v) is 5.78. The first-order valence-electron chi connectivity index (χ1n) is 7.98. The monoisotopic (exact) mass is 315 g/mol. The van der Waals surface area contributed by atoms with E-state index < -0.39 is 0 Å². The predicted octanol–water partition coefficient (Wildman–Crippen LogP) is 3.13. The Labute approximate surface area is 135 Å². The molecule has 0 aliphatic rings. The van der Waals surface area contributed by atoms with Gasteiger partial charge in [0.1, 0.15) is 11.3 Å². The zero-order valence-electron chi connectivity index (χ0n) is 13.7. The standard InChI is InChI=1S/C17H22FN5/c1-4-22-15-8-5-7-14(18)17(15)21-16(22)11-19-12(2)13(3)23-10-6-9-20-23/h5-10,12-13,19H,4,11H2,1-3H3/t12-,13+/m1/s1. The minimum atomic E-state index is -0.270. The average Bonchev–Trinajstić information content (AvgIpc) is 3.19. The predicted molar refractivity (Wildman–Crippen MR) is 88.6 cm³/mol. The molecule has 2 atom stereocenters. The van der Waals surface area contributed by atoms with Gasteiger partial charge in [0.15, 0.2) is 5.82 Å². The summed E-state index contributed by atoms with van der Waals surface area (Å²) in [6, 6.07) is 7.45. The normalized spacial score (nSPS) is 14.3. The number of benzene rings is 1. The zero-order valence-corrected chi connectivity index (χ0v) is 13.7. The summed E-state index contributed by atoms with van der Waals surface area (Å²) in [7, 11) is 0. The van der Waals surface area contributed by atoms with Crippen LogP contribution in [0.5, 0.6) is 0 Å². The van der Waals surface area contributed by atoms with Crippen LogP contribution in [-0.4, -0.2) is 25.4 Å². The fourth-order valence-electron chi connectivity index (χ4n) is 2.82. The third-order valence-electron chi connectivity index (χ3n) is 4.37. The van der Waals surface area contributed by atoms with Gasteiger partial charge in [0.2, 0.25) is 0 Å². The number of rotatable bonds is 6. The van der Waals surface area contributed by atoms with Crippen molar-refractivity contribution in [3.63, 3.8) is 0 Å². The van der Waals surface area contributed by atoms with Crippen LogP contribution < -0.4 is 5.32 Å². The number of para-hydroxylation sites is 1. The second-order valence-electron chi connectivity index (χ2n) is 5.78. The highest BCUT2D eigenvalue weighted by atomic mass is 19.1. The van der Waals surface area contributed by atoms with Crippen molar-refractivity contribution < 1.29 is 4.39 Å². The summed E-state index contributed by atoms with van der Waals surface area (Å²) in [6.07, 6.45) is 3.74. The van der Waals surface area contributed by atoms with E-state index in [0.29, 0.717) is 12.1 Å². The highest BCUT2D eigenvalue weighted by Crippen LogP contribution is 2.19. The van der Waals surface area contributed by atoms with E-state index in [9.17, 15) is 4.39 Å². The van der Waals surface area contributed by atoms with Crippen LogP contribution in [0.2, 0.25) is 0 Å². The van der Waals surface area contributed by atoms with Gasteiger partial charge in [-0.15, -0.1) is 0 Å². The number of aryl methyl sites for hydroxylation is 1. The van der Waals surface area contributed by atoms with Crippen molar-refractivity contribution in [2.75, 3.05) is 0 Å². The molecule has 0 saturated heterocycles. The van der Waals surface area contributed by atoms with Crippen molar-refractivity contribution in [3.8, 4) is 0 Å². The summed E-state index contributed by atoms with van der Waals surface area (Å²) in [5, 5.41) is 7.75. The summed E-state index contributed by atoms with van der Waals surface area (Å²) < 4.78 is 17.9. The number of halogens is 1. The van der Waals surface area contributed by atoms with Crippen LogP contribution in [-0.2, 0) is 13.1 Å². The van der Waals surface area contributed by atoms with Crippen LogP contribution in [0.1, 0.15) is 32.6 Å². The lowest BCUT2D eigenvalue weighted by Crippen LogP contribution is -2.34. The minimum Gasteiger partial charge on any atom is -0.327 e. The van der Waals surface area contributed by atoms with E-state index in [1.54, 1.807) is 12.3 Å². The Kier molecular flexibility index (Phi) is 4.43. The number of aromatic nitrogens is 4. The number of imidazole rings is 1. The van der Waals surface area contributed by atoms with Crippen molar-refractivity contribution in [2.45, 2.75) is 45.9 Å². The Bertz CT molecular complexity index is 778. The molecule has 6 heteroatoms. The van der Waals surface area contributed by atoms with Crippen molar-refractivity contribution >= 4 is 11.0 Å². The Morgan fingerprint density at radius 1 is 1.26 bits per heavy atom. The van der Waals surface area contributed by atoms with Crippen LogP contribution in [0.25, 0.3) is 11.0 Å². The molecule has 1 aromatic carbocycles. The number of hydrogen-bond acceptors (Lipinski definition) is 3. The molecule has 2 aromatic heterocycles. The fourth-order valence-corrected chi connectivity index (χ4v) is 2.82. The van der Waals surface area contributed by atoms with Crippen LogP contribution in [0.4, 0.5) is 4.39 Å². The minimum absolute atomic E-state index is 0.213. The number of nitrogens with one attached hydrogen (secondary N) is 1. The molecule has 3 aromatic rings. The second kappa shape index (κ2) is 6.50. The van der Waals surface area contributed by atoms with Crippen LogP contribution in [0.15, 0.2) is 36.7 Å². The van der Waals surface area contributed by atoms with Crippen LogP contribution >= 0.6 is 0 Å². The Hall–Kier alpha value is -2.21. The quantitative estimate of drug-likeness (QED) is 0.760. The Morgan fingerprint density at radius 2 is 2.09 bits per heavy atom. The van der Waals surface area contributed by atoms with E-state index in [1.165, 1.54) is 6.07 Å². The van der Waals surface area contributed by atoms with Gasteiger partial charge in [-0.05, 0) is 39.0 Å². The molecule has 0 aliphatic heterocycles. The first-order chi connectivity index (χ1) is 11.1. The van der Waals surface area contributed by atoms with Gasteiger partial charge < -0.3 is 9.88 Å². The Balaban J connectivity index is 1.78.